The van der Waals surface area contributed by atoms with Crippen LogP contribution in [-0.4, -0.2) is 34.8 Å². The van der Waals surface area contributed by atoms with Gasteiger partial charge in [-0.2, -0.15) is 5.10 Å². The van der Waals surface area contributed by atoms with Crippen molar-refractivity contribution in [1.82, 2.24) is 5.01 Å². The number of aliphatic carboxylic acids is 1. The van der Waals surface area contributed by atoms with E-state index in [2.05, 4.69) is 5.10 Å². The lowest BCUT2D eigenvalue weighted by Crippen LogP contribution is -2.27. The van der Waals surface area contributed by atoms with Crippen LogP contribution in [0.3, 0.4) is 0 Å². The fourth-order valence-corrected chi connectivity index (χ4v) is 2.82. The van der Waals surface area contributed by atoms with Crippen molar-refractivity contribution in [3.63, 3.8) is 0 Å². The van der Waals surface area contributed by atoms with Gasteiger partial charge in [-0.1, -0.05) is 12.1 Å². The van der Waals surface area contributed by atoms with E-state index in [1.54, 1.807) is 19.2 Å². The highest BCUT2D eigenvalue weighted by Crippen LogP contribution is 2.35. The SMILES string of the molecule is COc1ccccc1C1=NN(C(=O)CCC(=O)O)C(c2ccco2)C1. The van der Waals surface area contributed by atoms with E-state index in [4.69, 9.17) is 14.3 Å². The topological polar surface area (TPSA) is 92.3 Å². The van der Waals surface area contributed by atoms with Gasteiger partial charge in [-0.3, -0.25) is 9.59 Å². The van der Waals surface area contributed by atoms with Crippen LogP contribution in [0.25, 0.3) is 0 Å². The second-order valence-electron chi connectivity index (χ2n) is 5.61. The lowest BCUT2D eigenvalue weighted by atomic mass is 10.0. The molecule has 0 fully saturated rings. The third kappa shape index (κ3) is 3.55. The maximum absolute atomic E-state index is 12.5. The molecule has 0 saturated carbocycles. The van der Waals surface area contributed by atoms with Gasteiger partial charge in [0.05, 0.1) is 25.5 Å². The summed E-state index contributed by atoms with van der Waals surface area (Å²) in [5, 5.41) is 14.6. The van der Waals surface area contributed by atoms with E-state index < -0.39 is 12.0 Å². The molecule has 0 radical (unpaired) electrons. The molecule has 1 aromatic heterocycles. The van der Waals surface area contributed by atoms with Gasteiger partial charge in [0.15, 0.2) is 0 Å². The molecule has 1 atom stereocenters. The number of hydrazone groups is 1. The van der Waals surface area contributed by atoms with Crippen molar-refractivity contribution in [3.05, 3.63) is 54.0 Å². The smallest absolute Gasteiger partial charge is 0.303 e. The zero-order chi connectivity index (χ0) is 17.8. The van der Waals surface area contributed by atoms with Crippen LogP contribution in [0.2, 0.25) is 0 Å². The fourth-order valence-electron chi connectivity index (χ4n) is 2.82. The molecule has 0 bridgehead atoms. The maximum atomic E-state index is 12.5. The van der Waals surface area contributed by atoms with Crippen LogP contribution in [0.1, 0.15) is 36.6 Å². The van der Waals surface area contributed by atoms with E-state index in [1.807, 2.05) is 24.3 Å². The Bertz CT molecular complexity index is 798. The van der Waals surface area contributed by atoms with Crippen molar-refractivity contribution in [2.24, 2.45) is 5.10 Å². The summed E-state index contributed by atoms with van der Waals surface area (Å²) in [7, 11) is 1.58. The Balaban J connectivity index is 1.91. The molecule has 25 heavy (non-hydrogen) atoms. The predicted octanol–water partition coefficient (Wildman–Crippen LogP) is 2.83. The molecule has 1 amide bonds. The third-order valence-electron chi connectivity index (χ3n) is 4.01. The second kappa shape index (κ2) is 7.21. The second-order valence-corrected chi connectivity index (χ2v) is 5.61. The quantitative estimate of drug-likeness (QED) is 0.871. The standard InChI is InChI=1S/C18H18N2O5/c1-24-15-6-3-2-5-12(15)13-11-14(16-7-4-10-25-16)20(19-13)17(21)8-9-18(22)23/h2-7,10,14H,8-9,11H2,1H3,(H,22,23). The summed E-state index contributed by atoms with van der Waals surface area (Å²) in [5.41, 5.74) is 1.50. The normalized spacial score (nSPS) is 16.6. The van der Waals surface area contributed by atoms with Crippen LogP contribution in [-0.2, 0) is 9.59 Å². The molecule has 1 aliphatic heterocycles. The van der Waals surface area contributed by atoms with Gasteiger partial charge in [-0.25, -0.2) is 5.01 Å². The number of amides is 1. The molecular formula is C18H18N2O5. The number of ether oxygens (including phenoxy) is 1. The number of hydrogen-bond donors (Lipinski definition) is 1. The van der Waals surface area contributed by atoms with Gasteiger partial charge in [-0.05, 0) is 24.3 Å². The van der Waals surface area contributed by atoms with Crippen LogP contribution in [0.5, 0.6) is 5.75 Å². The number of methoxy groups -OCH3 is 1. The minimum Gasteiger partial charge on any atom is -0.496 e. The zero-order valence-corrected chi connectivity index (χ0v) is 13.7. The molecule has 130 valence electrons. The van der Waals surface area contributed by atoms with Gasteiger partial charge in [0.1, 0.15) is 17.6 Å². The number of carboxylic acid groups (broad SMARTS) is 1. The average molecular weight is 342 g/mol. The van der Waals surface area contributed by atoms with E-state index >= 15 is 0 Å². The Labute approximate surface area is 144 Å². The number of rotatable bonds is 6. The highest BCUT2D eigenvalue weighted by molar-refractivity contribution is 6.05. The van der Waals surface area contributed by atoms with E-state index in [0.29, 0.717) is 23.6 Å². The van der Waals surface area contributed by atoms with Gasteiger partial charge in [0.25, 0.3) is 0 Å². The molecule has 7 heteroatoms. The van der Waals surface area contributed by atoms with Crippen LogP contribution in [0.15, 0.2) is 52.2 Å². The van der Waals surface area contributed by atoms with Crippen LogP contribution in [0, 0.1) is 0 Å². The van der Waals surface area contributed by atoms with Crippen LogP contribution >= 0.6 is 0 Å². The summed E-state index contributed by atoms with van der Waals surface area (Å²) < 4.78 is 10.8. The Kier molecular flexibility index (Phi) is 4.83. The van der Waals surface area contributed by atoms with E-state index in [0.717, 1.165) is 5.56 Å². The van der Waals surface area contributed by atoms with Crippen molar-refractivity contribution in [2.45, 2.75) is 25.3 Å². The first-order valence-electron chi connectivity index (χ1n) is 7.88. The Morgan fingerprint density at radius 2 is 2.08 bits per heavy atom. The molecule has 0 aliphatic carbocycles. The van der Waals surface area contributed by atoms with Gasteiger partial charge < -0.3 is 14.3 Å². The number of furan rings is 1. The van der Waals surface area contributed by atoms with Gasteiger partial charge >= 0.3 is 5.97 Å². The van der Waals surface area contributed by atoms with E-state index in [9.17, 15) is 9.59 Å². The number of nitrogens with zero attached hydrogens (tertiary/aromatic N) is 2. The van der Waals surface area contributed by atoms with E-state index in [-0.39, 0.29) is 18.7 Å². The minimum absolute atomic E-state index is 0.116. The number of carbonyl (C=O) groups excluding carboxylic acids is 1. The van der Waals surface area contributed by atoms with E-state index in [1.165, 1.54) is 11.3 Å². The predicted molar refractivity (Wildman–Crippen MR) is 89.3 cm³/mol. The number of carbonyl (C=O) groups is 2. The minimum atomic E-state index is -1.02. The van der Waals surface area contributed by atoms with Crippen molar-refractivity contribution < 1.29 is 23.8 Å². The maximum Gasteiger partial charge on any atom is 0.303 e. The Morgan fingerprint density at radius 3 is 2.76 bits per heavy atom. The van der Waals surface area contributed by atoms with Gasteiger partial charge in [0.2, 0.25) is 5.91 Å². The summed E-state index contributed by atoms with van der Waals surface area (Å²) >= 11 is 0. The average Bonchev–Trinajstić information content (AvgIpc) is 3.28. The summed E-state index contributed by atoms with van der Waals surface area (Å²) in [6.45, 7) is 0. The molecule has 7 nitrogen and oxygen atoms in total. The monoisotopic (exact) mass is 342 g/mol. The zero-order valence-electron chi connectivity index (χ0n) is 13.7. The first-order chi connectivity index (χ1) is 12.1. The molecule has 1 N–H and O–H groups in total. The first kappa shape index (κ1) is 16.8. The Hall–Kier alpha value is -3.09. The Morgan fingerprint density at radius 1 is 1.28 bits per heavy atom. The summed E-state index contributed by atoms with van der Waals surface area (Å²) in [4.78, 5) is 23.2. The highest BCUT2D eigenvalue weighted by Gasteiger charge is 2.35. The molecule has 3 rings (SSSR count). The molecule has 2 aromatic rings. The number of hydrogen-bond acceptors (Lipinski definition) is 5. The number of para-hydroxylation sites is 1. The van der Waals surface area contributed by atoms with Gasteiger partial charge in [-0.15, -0.1) is 0 Å². The fraction of sp³-hybridized carbons (Fsp3) is 0.278. The van der Waals surface area contributed by atoms with Crippen molar-refractivity contribution in [1.29, 1.82) is 0 Å². The molecule has 2 heterocycles. The highest BCUT2D eigenvalue weighted by atomic mass is 16.5. The summed E-state index contributed by atoms with van der Waals surface area (Å²) in [5.74, 6) is -0.0960. The van der Waals surface area contributed by atoms with Crippen molar-refractivity contribution in [3.8, 4) is 5.75 Å². The molecule has 1 aromatic carbocycles. The lowest BCUT2D eigenvalue weighted by Gasteiger charge is -2.19. The molecule has 0 saturated heterocycles. The number of carboxylic acids is 1. The first-order valence-corrected chi connectivity index (χ1v) is 7.88. The molecular weight excluding hydrogens is 324 g/mol. The lowest BCUT2D eigenvalue weighted by molar-refractivity contribution is -0.141. The van der Waals surface area contributed by atoms with Crippen molar-refractivity contribution >= 4 is 17.6 Å². The van der Waals surface area contributed by atoms with Crippen LogP contribution in [0.4, 0.5) is 0 Å². The number of benzene rings is 1. The largest absolute Gasteiger partial charge is 0.496 e. The van der Waals surface area contributed by atoms with Crippen LogP contribution < -0.4 is 4.74 Å². The molecule has 1 unspecified atom stereocenters. The molecule has 1 aliphatic rings. The van der Waals surface area contributed by atoms with Gasteiger partial charge in [0, 0.05) is 18.4 Å². The summed E-state index contributed by atoms with van der Waals surface area (Å²) in [6, 6.07) is 10.6. The molecule has 0 spiro atoms. The van der Waals surface area contributed by atoms with Crippen molar-refractivity contribution in [2.75, 3.05) is 7.11 Å². The summed E-state index contributed by atoms with van der Waals surface area (Å²) in [6.07, 6.45) is 1.65. The third-order valence-corrected chi connectivity index (χ3v) is 4.01.